The van der Waals surface area contributed by atoms with Gasteiger partial charge in [0.2, 0.25) is 5.95 Å². The number of rotatable bonds is 6. The maximum Gasteiger partial charge on any atom is 0.227 e. The van der Waals surface area contributed by atoms with E-state index in [0.717, 1.165) is 56.5 Å². The molecule has 24 heavy (non-hydrogen) atoms. The molecule has 3 rings (SSSR count). The summed E-state index contributed by atoms with van der Waals surface area (Å²) in [5, 5.41) is 0. The van der Waals surface area contributed by atoms with Gasteiger partial charge in [0.05, 0.1) is 5.69 Å². The van der Waals surface area contributed by atoms with Crippen LogP contribution in [0.25, 0.3) is 0 Å². The van der Waals surface area contributed by atoms with Crippen molar-refractivity contribution in [2.24, 2.45) is 5.73 Å². The Hall–Kier alpha value is -1.05. The summed E-state index contributed by atoms with van der Waals surface area (Å²) in [5.74, 6) is 3.61. The van der Waals surface area contributed by atoms with Crippen molar-refractivity contribution < 1.29 is 0 Å². The van der Waals surface area contributed by atoms with Gasteiger partial charge in [0, 0.05) is 70.6 Å². The Morgan fingerprint density at radius 2 is 1.92 bits per heavy atom. The molecule has 1 saturated carbocycles. The first-order valence-corrected chi connectivity index (χ1v) is 10.2. The molecular formula is C17H30N6S. The second-order valence-electron chi connectivity index (χ2n) is 7.10. The van der Waals surface area contributed by atoms with Crippen molar-refractivity contribution in [2.45, 2.75) is 24.8 Å². The number of thioether (sulfide) groups is 1. The summed E-state index contributed by atoms with van der Waals surface area (Å²) in [5.41, 5.74) is 7.13. The maximum atomic E-state index is 5.97. The van der Waals surface area contributed by atoms with Gasteiger partial charge in [-0.05, 0) is 19.1 Å². The molecule has 1 aliphatic carbocycles. The Bertz CT molecular complexity index is 538. The maximum absolute atomic E-state index is 5.97. The van der Waals surface area contributed by atoms with Crippen LogP contribution in [-0.2, 0) is 0 Å². The zero-order valence-electron chi connectivity index (χ0n) is 15.1. The van der Waals surface area contributed by atoms with Gasteiger partial charge in [-0.2, -0.15) is 16.7 Å². The summed E-state index contributed by atoms with van der Waals surface area (Å²) in [6, 6.07) is 2.54. The van der Waals surface area contributed by atoms with Crippen LogP contribution in [0.5, 0.6) is 0 Å². The minimum Gasteiger partial charge on any atom is -0.354 e. The Morgan fingerprint density at radius 1 is 1.21 bits per heavy atom. The summed E-state index contributed by atoms with van der Waals surface area (Å²) in [6.45, 7) is 5.51. The summed E-state index contributed by atoms with van der Waals surface area (Å²) in [4.78, 5) is 16.5. The van der Waals surface area contributed by atoms with Crippen LogP contribution in [0.4, 0.5) is 11.8 Å². The summed E-state index contributed by atoms with van der Waals surface area (Å²) < 4.78 is 0. The van der Waals surface area contributed by atoms with E-state index < -0.39 is 0 Å². The van der Waals surface area contributed by atoms with Gasteiger partial charge in [-0.15, -0.1) is 0 Å². The Labute approximate surface area is 149 Å². The first kappa shape index (κ1) is 17.8. The van der Waals surface area contributed by atoms with E-state index in [9.17, 15) is 0 Å². The molecule has 1 aromatic rings. The quantitative estimate of drug-likeness (QED) is 0.828. The SMILES string of the molecule is CSCCN1CCN(c2cc(C3CC(N)C3)nc(N(C)C)n2)CC1. The zero-order chi connectivity index (χ0) is 17.1. The molecule has 1 saturated heterocycles. The van der Waals surface area contributed by atoms with E-state index in [-0.39, 0.29) is 0 Å². The van der Waals surface area contributed by atoms with E-state index in [1.165, 1.54) is 12.3 Å². The van der Waals surface area contributed by atoms with Crippen LogP contribution >= 0.6 is 11.8 Å². The summed E-state index contributed by atoms with van der Waals surface area (Å²) in [7, 11) is 4.02. The van der Waals surface area contributed by atoms with Crippen molar-refractivity contribution in [3.05, 3.63) is 11.8 Å². The van der Waals surface area contributed by atoms with Gasteiger partial charge in [0.15, 0.2) is 0 Å². The molecule has 2 aliphatic rings. The molecule has 0 atom stereocenters. The van der Waals surface area contributed by atoms with Crippen LogP contribution in [0.2, 0.25) is 0 Å². The van der Waals surface area contributed by atoms with Crippen molar-refractivity contribution in [3.8, 4) is 0 Å². The third-order valence-corrected chi connectivity index (χ3v) is 5.61. The number of nitrogens with zero attached hydrogens (tertiary/aromatic N) is 5. The van der Waals surface area contributed by atoms with Gasteiger partial charge in [-0.25, -0.2) is 4.98 Å². The molecule has 1 aliphatic heterocycles. The van der Waals surface area contributed by atoms with E-state index in [1.54, 1.807) is 0 Å². The Morgan fingerprint density at radius 3 is 2.50 bits per heavy atom. The highest BCUT2D eigenvalue weighted by atomic mass is 32.2. The lowest BCUT2D eigenvalue weighted by Crippen LogP contribution is -2.47. The molecule has 1 aromatic heterocycles. The lowest BCUT2D eigenvalue weighted by Gasteiger charge is -2.37. The lowest BCUT2D eigenvalue weighted by molar-refractivity contribution is 0.272. The minimum atomic E-state index is 0.344. The molecular weight excluding hydrogens is 320 g/mol. The number of piperazine rings is 1. The molecule has 0 amide bonds. The fraction of sp³-hybridized carbons (Fsp3) is 0.765. The topological polar surface area (TPSA) is 61.5 Å². The van der Waals surface area contributed by atoms with Gasteiger partial charge >= 0.3 is 0 Å². The fourth-order valence-corrected chi connectivity index (χ4v) is 3.78. The lowest BCUT2D eigenvalue weighted by atomic mass is 9.78. The Kier molecular flexibility index (Phi) is 5.84. The van der Waals surface area contributed by atoms with Crippen LogP contribution < -0.4 is 15.5 Å². The van der Waals surface area contributed by atoms with Crippen molar-refractivity contribution in [3.63, 3.8) is 0 Å². The first-order valence-electron chi connectivity index (χ1n) is 8.85. The van der Waals surface area contributed by atoms with E-state index in [4.69, 9.17) is 15.7 Å². The van der Waals surface area contributed by atoms with Crippen molar-refractivity contribution in [1.29, 1.82) is 0 Å². The van der Waals surface area contributed by atoms with E-state index in [0.29, 0.717) is 12.0 Å². The molecule has 0 spiro atoms. The van der Waals surface area contributed by atoms with Crippen LogP contribution in [0.3, 0.4) is 0 Å². The van der Waals surface area contributed by atoms with Crippen molar-refractivity contribution in [1.82, 2.24) is 14.9 Å². The van der Waals surface area contributed by atoms with Crippen molar-refractivity contribution in [2.75, 3.05) is 68.6 Å². The van der Waals surface area contributed by atoms with Crippen LogP contribution in [0, 0.1) is 0 Å². The standard InChI is InChI=1S/C17H30N6S/c1-21(2)17-19-15(13-10-14(18)11-13)12-16(20-17)23-6-4-22(5-7-23)8-9-24-3/h12-14H,4-11,18H2,1-3H3. The normalized spacial score (nSPS) is 24.8. The van der Waals surface area contributed by atoms with Gasteiger partial charge in [0.1, 0.15) is 5.82 Å². The molecule has 2 fully saturated rings. The zero-order valence-corrected chi connectivity index (χ0v) is 15.9. The second kappa shape index (κ2) is 7.89. The average Bonchev–Trinajstić information content (AvgIpc) is 2.57. The number of nitrogens with two attached hydrogens (primary N) is 1. The highest BCUT2D eigenvalue weighted by molar-refractivity contribution is 7.98. The van der Waals surface area contributed by atoms with Crippen LogP contribution in [0.1, 0.15) is 24.5 Å². The minimum absolute atomic E-state index is 0.344. The average molecular weight is 351 g/mol. The molecule has 7 heteroatoms. The predicted molar refractivity (Wildman–Crippen MR) is 103 cm³/mol. The second-order valence-corrected chi connectivity index (χ2v) is 8.08. The fourth-order valence-electron chi connectivity index (χ4n) is 3.34. The molecule has 6 nitrogen and oxygen atoms in total. The molecule has 0 bridgehead atoms. The number of hydrogen-bond acceptors (Lipinski definition) is 7. The van der Waals surface area contributed by atoms with Crippen LogP contribution in [-0.4, -0.2) is 79.7 Å². The predicted octanol–water partition coefficient (Wildman–Crippen LogP) is 1.23. The van der Waals surface area contributed by atoms with E-state index >= 15 is 0 Å². The molecule has 0 radical (unpaired) electrons. The molecule has 134 valence electrons. The van der Waals surface area contributed by atoms with Gasteiger partial charge in [0.25, 0.3) is 0 Å². The molecule has 0 unspecified atom stereocenters. The molecule has 0 aromatic carbocycles. The highest BCUT2D eigenvalue weighted by Gasteiger charge is 2.30. The number of hydrogen-bond donors (Lipinski definition) is 1. The van der Waals surface area contributed by atoms with Crippen LogP contribution in [0.15, 0.2) is 6.07 Å². The van der Waals surface area contributed by atoms with E-state index in [2.05, 4.69) is 22.1 Å². The van der Waals surface area contributed by atoms with Gasteiger partial charge < -0.3 is 15.5 Å². The number of aromatic nitrogens is 2. The third-order valence-electron chi connectivity index (χ3n) is 5.02. The first-order chi connectivity index (χ1) is 11.6. The molecule has 2 heterocycles. The third kappa shape index (κ3) is 4.13. The Balaban J connectivity index is 1.70. The molecule has 2 N–H and O–H groups in total. The van der Waals surface area contributed by atoms with Gasteiger partial charge in [-0.3, -0.25) is 4.90 Å². The van der Waals surface area contributed by atoms with Crippen molar-refractivity contribution >= 4 is 23.5 Å². The van der Waals surface area contributed by atoms with Gasteiger partial charge in [-0.1, -0.05) is 0 Å². The summed E-state index contributed by atoms with van der Waals surface area (Å²) in [6.07, 6.45) is 4.27. The van der Waals surface area contributed by atoms with E-state index in [1.807, 2.05) is 30.8 Å². The summed E-state index contributed by atoms with van der Waals surface area (Å²) >= 11 is 1.92. The highest BCUT2D eigenvalue weighted by Crippen LogP contribution is 2.36. The smallest absolute Gasteiger partial charge is 0.227 e. The largest absolute Gasteiger partial charge is 0.354 e. The number of anilines is 2. The monoisotopic (exact) mass is 350 g/mol.